The van der Waals surface area contributed by atoms with Gasteiger partial charge in [-0.25, -0.2) is 4.98 Å². The monoisotopic (exact) mass is 640 g/mol. The van der Waals surface area contributed by atoms with Gasteiger partial charge in [0.25, 0.3) is 16.0 Å². The van der Waals surface area contributed by atoms with Crippen LogP contribution >= 0.6 is 11.6 Å². The van der Waals surface area contributed by atoms with Crippen LogP contribution in [-0.2, 0) is 10.1 Å². The van der Waals surface area contributed by atoms with Crippen LogP contribution in [0, 0.1) is 0 Å². The molecular formula is C30H26ClN6NaO5S. The zero-order valence-electron chi connectivity index (χ0n) is 22.5. The van der Waals surface area contributed by atoms with Crippen LogP contribution in [0.1, 0.15) is 16.8 Å². The van der Waals surface area contributed by atoms with Crippen molar-refractivity contribution in [3.8, 4) is 17.0 Å². The van der Waals surface area contributed by atoms with E-state index in [-0.39, 0.29) is 62.3 Å². The summed E-state index contributed by atoms with van der Waals surface area (Å²) in [5, 5.41) is 12.1. The molecule has 0 aliphatic heterocycles. The van der Waals surface area contributed by atoms with Gasteiger partial charge in [0.1, 0.15) is 27.2 Å². The molecule has 0 bridgehead atoms. The molecule has 2 aromatic heterocycles. The van der Waals surface area contributed by atoms with Crippen molar-refractivity contribution in [3.05, 3.63) is 102 Å². The van der Waals surface area contributed by atoms with Gasteiger partial charge in [0, 0.05) is 34.6 Å². The number of nitrogens with zero attached hydrogens (tertiary/aromatic N) is 4. The number of para-hydroxylation sites is 1. The van der Waals surface area contributed by atoms with Crippen molar-refractivity contribution in [2.45, 2.75) is 11.3 Å². The van der Waals surface area contributed by atoms with Crippen LogP contribution in [0.4, 0.5) is 17.1 Å². The fourth-order valence-electron chi connectivity index (χ4n) is 4.27. The van der Waals surface area contributed by atoms with Gasteiger partial charge in [0.05, 0.1) is 24.2 Å². The zero-order valence-corrected chi connectivity index (χ0v) is 24.1. The molecule has 5 rings (SSSR count). The van der Waals surface area contributed by atoms with Gasteiger partial charge < -0.3 is 15.8 Å². The molecule has 0 saturated carbocycles. The standard InChI is InChI=1S/C30H25ClN6O5S.Na.H/c31-28-16-19(12-14-33-28)30(38)34-13-5-15-42-26-9-4-3-8-23(26)24-11-10-20(18-35-24)36-37-25-17-27(43(39,40)41)21-6-1-2-7-22(21)29(25)32;;/h1-4,6-12,14,16-18H,5,13,15,32H2,(H,34,38)(H,39,40,41);;/b37-36+;;. The van der Waals surface area contributed by atoms with E-state index in [1.165, 1.54) is 24.5 Å². The number of nitrogens with one attached hydrogen (secondary N) is 1. The number of anilines is 1. The topological polar surface area (TPSA) is 169 Å². The van der Waals surface area contributed by atoms with Gasteiger partial charge in [-0.1, -0.05) is 48.0 Å². The number of nitrogen functional groups attached to an aromatic ring is 1. The number of halogens is 1. The maximum atomic E-state index is 12.2. The summed E-state index contributed by atoms with van der Waals surface area (Å²) in [6.07, 6.45) is 3.56. The van der Waals surface area contributed by atoms with Gasteiger partial charge in [-0.15, -0.1) is 10.2 Å². The summed E-state index contributed by atoms with van der Waals surface area (Å²) in [7, 11) is -4.53. The van der Waals surface area contributed by atoms with E-state index in [1.807, 2.05) is 24.3 Å². The molecule has 0 fully saturated rings. The molecule has 0 aliphatic carbocycles. The zero-order chi connectivity index (χ0) is 30.4. The van der Waals surface area contributed by atoms with E-state index >= 15 is 0 Å². The van der Waals surface area contributed by atoms with Crippen LogP contribution in [0.15, 0.2) is 106 Å². The van der Waals surface area contributed by atoms with Crippen molar-refractivity contribution in [2.75, 3.05) is 18.9 Å². The van der Waals surface area contributed by atoms with E-state index in [2.05, 4.69) is 25.5 Å². The second kappa shape index (κ2) is 14.7. The molecule has 11 nitrogen and oxygen atoms in total. The Morgan fingerprint density at radius 3 is 2.45 bits per heavy atom. The summed E-state index contributed by atoms with van der Waals surface area (Å²) >= 11 is 5.84. The number of aromatic nitrogens is 2. The van der Waals surface area contributed by atoms with Gasteiger partial charge in [-0.3, -0.25) is 14.3 Å². The number of hydrogen-bond donors (Lipinski definition) is 3. The van der Waals surface area contributed by atoms with Crippen molar-refractivity contribution in [1.29, 1.82) is 0 Å². The number of azo groups is 1. The first-order valence-electron chi connectivity index (χ1n) is 13.0. The normalized spacial score (nSPS) is 11.3. The van der Waals surface area contributed by atoms with E-state index in [9.17, 15) is 17.8 Å². The molecule has 2 heterocycles. The van der Waals surface area contributed by atoms with E-state index in [1.54, 1.807) is 42.5 Å². The molecule has 1 amide bonds. The van der Waals surface area contributed by atoms with Crippen LogP contribution in [-0.4, -0.2) is 71.6 Å². The molecule has 4 N–H and O–H groups in total. The molecule has 0 unspecified atom stereocenters. The molecule has 14 heteroatoms. The van der Waals surface area contributed by atoms with Crippen LogP contribution in [0.3, 0.4) is 0 Å². The first-order valence-corrected chi connectivity index (χ1v) is 14.8. The summed E-state index contributed by atoms with van der Waals surface area (Å²) < 4.78 is 39.6. The van der Waals surface area contributed by atoms with Gasteiger partial charge in [0.2, 0.25) is 0 Å². The van der Waals surface area contributed by atoms with Crippen molar-refractivity contribution in [1.82, 2.24) is 15.3 Å². The van der Waals surface area contributed by atoms with Crippen LogP contribution in [0.2, 0.25) is 5.15 Å². The second-order valence-electron chi connectivity index (χ2n) is 9.25. The Bertz CT molecular complexity index is 1940. The molecule has 220 valence electrons. The van der Waals surface area contributed by atoms with Crippen molar-refractivity contribution in [3.63, 3.8) is 0 Å². The van der Waals surface area contributed by atoms with Crippen molar-refractivity contribution < 1.29 is 22.5 Å². The second-order valence-corrected chi connectivity index (χ2v) is 11.0. The molecule has 0 aliphatic rings. The quantitative estimate of drug-likeness (QED) is 0.0433. The van der Waals surface area contributed by atoms with Crippen LogP contribution in [0.25, 0.3) is 22.0 Å². The number of carbonyl (C=O) groups is 1. The number of rotatable bonds is 10. The Hall–Kier alpha value is -3.91. The first-order chi connectivity index (χ1) is 20.7. The summed E-state index contributed by atoms with van der Waals surface area (Å²) in [5.74, 6) is 0.381. The minimum atomic E-state index is -4.53. The Labute approximate surface area is 280 Å². The molecule has 0 spiro atoms. The van der Waals surface area contributed by atoms with Gasteiger partial charge in [-0.2, -0.15) is 8.42 Å². The number of hydrogen-bond acceptors (Lipinski definition) is 9. The average molecular weight is 641 g/mol. The van der Waals surface area contributed by atoms with Gasteiger partial charge >= 0.3 is 29.6 Å². The molecular weight excluding hydrogens is 615 g/mol. The molecule has 0 atom stereocenters. The number of benzene rings is 3. The number of carbonyl (C=O) groups excluding carboxylic acids is 1. The van der Waals surface area contributed by atoms with Gasteiger partial charge in [0.15, 0.2) is 0 Å². The molecule has 0 radical (unpaired) electrons. The fourth-order valence-corrected chi connectivity index (χ4v) is 5.16. The number of amides is 1. The summed E-state index contributed by atoms with van der Waals surface area (Å²) in [6, 6.07) is 21.7. The Morgan fingerprint density at radius 1 is 0.977 bits per heavy atom. The van der Waals surface area contributed by atoms with E-state index in [0.29, 0.717) is 47.7 Å². The number of pyridine rings is 2. The van der Waals surface area contributed by atoms with Gasteiger partial charge in [-0.05, 0) is 48.9 Å². The molecule has 44 heavy (non-hydrogen) atoms. The fraction of sp³-hybridized carbons (Fsp3) is 0.100. The van der Waals surface area contributed by atoms with E-state index in [0.717, 1.165) is 5.56 Å². The molecule has 5 aromatic rings. The summed E-state index contributed by atoms with van der Waals surface area (Å²) in [5.41, 5.74) is 8.78. The summed E-state index contributed by atoms with van der Waals surface area (Å²) in [4.78, 5) is 20.3. The van der Waals surface area contributed by atoms with Crippen molar-refractivity contribution in [2.24, 2.45) is 10.2 Å². The number of ether oxygens (including phenoxy) is 1. The molecule has 3 aromatic carbocycles. The van der Waals surface area contributed by atoms with Crippen molar-refractivity contribution >= 4 is 85.0 Å². The SMILES string of the molecule is Nc1c(/N=N/c2ccc(-c3ccccc3OCCCNC(=O)c3ccnc(Cl)c3)nc2)cc(S(=O)(=O)O)c2ccccc12.[NaH]. The third kappa shape index (κ3) is 7.97. The third-order valence-corrected chi connectivity index (χ3v) is 7.44. The van der Waals surface area contributed by atoms with E-state index in [4.69, 9.17) is 22.1 Å². The number of nitrogens with two attached hydrogens (primary N) is 1. The predicted molar refractivity (Wildman–Crippen MR) is 171 cm³/mol. The summed E-state index contributed by atoms with van der Waals surface area (Å²) in [6.45, 7) is 0.770. The predicted octanol–water partition coefficient (Wildman–Crippen LogP) is 5.74. The Balaban J connectivity index is 0.00000442. The van der Waals surface area contributed by atoms with Crippen LogP contribution in [0.5, 0.6) is 5.75 Å². The third-order valence-electron chi connectivity index (χ3n) is 6.34. The maximum absolute atomic E-state index is 12.2. The first kappa shape index (κ1) is 33.0. The Kier molecular flexibility index (Phi) is 11.0. The minimum absolute atomic E-state index is 0. The van der Waals surface area contributed by atoms with Crippen LogP contribution < -0.4 is 15.8 Å². The van der Waals surface area contributed by atoms with E-state index < -0.39 is 10.1 Å². The molecule has 0 saturated heterocycles. The average Bonchev–Trinajstić information content (AvgIpc) is 3.00. The Morgan fingerprint density at radius 2 is 1.73 bits per heavy atom. The number of fused-ring (bicyclic) bond motifs is 1.